The standard InChI is InChI=1S/C21H18N6/c22-20(23)13-3-1-12(2-4-13)14-5-6-15-10-19(27-18(15)9-14)17-8-7-16(11-26-17)21(24)25/h1-11,27H,(H3,22,23)(H3,24,25). The average Bonchev–Trinajstić information content (AvgIpc) is 3.11. The lowest BCUT2D eigenvalue weighted by Crippen LogP contribution is -2.11. The van der Waals surface area contributed by atoms with Crippen molar-refractivity contribution < 1.29 is 0 Å². The van der Waals surface area contributed by atoms with E-state index in [0.29, 0.717) is 11.1 Å². The summed E-state index contributed by atoms with van der Waals surface area (Å²) in [5.74, 6) is 0.0698. The first-order valence-electron chi connectivity index (χ1n) is 8.40. The second-order valence-electron chi connectivity index (χ2n) is 6.32. The fourth-order valence-corrected chi connectivity index (χ4v) is 3.00. The second kappa shape index (κ2) is 6.42. The highest BCUT2D eigenvalue weighted by Crippen LogP contribution is 2.28. The molecule has 0 aliphatic rings. The highest BCUT2D eigenvalue weighted by Gasteiger charge is 2.07. The van der Waals surface area contributed by atoms with Gasteiger partial charge in [0.15, 0.2) is 0 Å². The van der Waals surface area contributed by atoms with Crippen LogP contribution < -0.4 is 11.5 Å². The number of pyridine rings is 1. The SMILES string of the molecule is N=C(N)c1ccc(-c2ccc3cc(-c4ccc(C(=N)N)cn4)[nH]c3c2)cc1. The van der Waals surface area contributed by atoms with E-state index < -0.39 is 0 Å². The maximum Gasteiger partial charge on any atom is 0.124 e. The number of benzene rings is 2. The topological polar surface area (TPSA) is 128 Å². The van der Waals surface area contributed by atoms with Crippen molar-refractivity contribution in [1.29, 1.82) is 10.8 Å². The Balaban J connectivity index is 1.69. The third kappa shape index (κ3) is 3.16. The predicted molar refractivity (Wildman–Crippen MR) is 109 cm³/mol. The molecule has 2 heterocycles. The Bertz CT molecular complexity index is 1100. The van der Waals surface area contributed by atoms with Gasteiger partial charge in [-0.25, -0.2) is 0 Å². The van der Waals surface area contributed by atoms with E-state index in [2.05, 4.69) is 28.2 Å². The molecule has 0 aliphatic heterocycles. The lowest BCUT2D eigenvalue weighted by molar-refractivity contribution is 1.27. The van der Waals surface area contributed by atoms with E-state index in [-0.39, 0.29) is 11.7 Å². The van der Waals surface area contributed by atoms with Gasteiger partial charge in [-0.1, -0.05) is 36.4 Å². The van der Waals surface area contributed by atoms with Crippen LogP contribution in [0.2, 0.25) is 0 Å². The van der Waals surface area contributed by atoms with Gasteiger partial charge in [0.05, 0.1) is 11.4 Å². The molecule has 7 N–H and O–H groups in total. The first kappa shape index (κ1) is 16.5. The van der Waals surface area contributed by atoms with E-state index in [1.807, 2.05) is 36.4 Å². The third-order valence-electron chi connectivity index (χ3n) is 4.50. The van der Waals surface area contributed by atoms with E-state index in [9.17, 15) is 0 Å². The first-order valence-corrected chi connectivity index (χ1v) is 8.40. The molecule has 0 saturated heterocycles. The zero-order valence-electron chi connectivity index (χ0n) is 14.5. The number of aromatic amines is 1. The van der Waals surface area contributed by atoms with Gasteiger partial charge in [-0.3, -0.25) is 15.8 Å². The lowest BCUT2D eigenvalue weighted by atomic mass is 10.0. The third-order valence-corrected chi connectivity index (χ3v) is 4.50. The van der Waals surface area contributed by atoms with Crippen molar-refractivity contribution in [2.45, 2.75) is 0 Å². The van der Waals surface area contributed by atoms with E-state index >= 15 is 0 Å². The van der Waals surface area contributed by atoms with Crippen LogP contribution in [0.15, 0.2) is 66.9 Å². The number of aromatic nitrogens is 2. The molecule has 132 valence electrons. The lowest BCUT2D eigenvalue weighted by Gasteiger charge is -2.04. The van der Waals surface area contributed by atoms with Gasteiger partial charge in [-0.05, 0) is 35.4 Å². The summed E-state index contributed by atoms with van der Waals surface area (Å²) in [6, 6.07) is 19.5. The summed E-state index contributed by atoms with van der Waals surface area (Å²) in [5, 5.41) is 16.0. The van der Waals surface area contributed by atoms with Gasteiger partial charge in [-0.2, -0.15) is 0 Å². The van der Waals surface area contributed by atoms with Crippen molar-refractivity contribution in [2.75, 3.05) is 0 Å². The maximum atomic E-state index is 7.49. The molecule has 27 heavy (non-hydrogen) atoms. The average molecular weight is 354 g/mol. The molecule has 4 aromatic rings. The highest BCUT2D eigenvalue weighted by molar-refractivity contribution is 5.96. The second-order valence-corrected chi connectivity index (χ2v) is 6.32. The number of rotatable bonds is 4. The Morgan fingerprint density at radius 3 is 2.07 bits per heavy atom. The largest absolute Gasteiger partial charge is 0.384 e. The number of amidine groups is 2. The monoisotopic (exact) mass is 354 g/mol. The van der Waals surface area contributed by atoms with E-state index in [1.54, 1.807) is 12.3 Å². The number of nitrogens with two attached hydrogens (primary N) is 2. The van der Waals surface area contributed by atoms with Gasteiger partial charge in [0.2, 0.25) is 0 Å². The minimum atomic E-state index is 0.00568. The molecule has 0 saturated carbocycles. The van der Waals surface area contributed by atoms with E-state index in [0.717, 1.165) is 33.4 Å². The Morgan fingerprint density at radius 2 is 1.44 bits per heavy atom. The predicted octanol–water partition coefficient (Wildman–Crippen LogP) is 3.47. The van der Waals surface area contributed by atoms with Crippen molar-refractivity contribution in [3.63, 3.8) is 0 Å². The number of fused-ring (bicyclic) bond motifs is 1. The molecule has 0 unspecified atom stereocenters. The summed E-state index contributed by atoms with van der Waals surface area (Å²) in [5.41, 5.74) is 17.1. The van der Waals surface area contributed by atoms with Crippen LogP contribution in [0.1, 0.15) is 11.1 Å². The van der Waals surface area contributed by atoms with Crippen LogP contribution in [0.5, 0.6) is 0 Å². The number of hydrogen-bond acceptors (Lipinski definition) is 3. The van der Waals surface area contributed by atoms with E-state index in [4.69, 9.17) is 22.3 Å². The van der Waals surface area contributed by atoms with Crippen LogP contribution in [0.4, 0.5) is 0 Å². The Labute approximate surface area is 155 Å². The molecule has 6 nitrogen and oxygen atoms in total. The molecule has 2 aromatic carbocycles. The van der Waals surface area contributed by atoms with Crippen molar-refractivity contribution in [1.82, 2.24) is 9.97 Å². The van der Waals surface area contributed by atoms with Crippen molar-refractivity contribution >= 4 is 22.6 Å². The number of nitrogen functional groups attached to an aromatic ring is 2. The zero-order chi connectivity index (χ0) is 19.0. The van der Waals surface area contributed by atoms with Gasteiger partial charge in [0.1, 0.15) is 11.7 Å². The molecule has 0 fully saturated rings. The Kier molecular flexibility index (Phi) is 3.93. The summed E-state index contributed by atoms with van der Waals surface area (Å²) in [4.78, 5) is 7.79. The smallest absolute Gasteiger partial charge is 0.124 e. The molecule has 0 bridgehead atoms. The van der Waals surface area contributed by atoms with Gasteiger partial charge >= 0.3 is 0 Å². The molecule has 6 heteroatoms. The highest BCUT2D eigenvalue weighted by atomic mass is 14.8. The Morgan fingerprint density at radius 1 is 0.778 bits per heavy atom. The summed E-state index contributed by atoms with van der Waals surface area (Å²) in [6.07, 6.45) is 1.60. The molecule has 0 radical (unpaired) electrons. The van der Waals surface area contributed by atoms with Crippen LogP contribution >= 0.6 is 0 Å². The van der Waals surface area contributed by atoms with Gasteiger partial charge < -0.3 is 16.5 Å². The van der Waals surface area contributed by atoms with Crippen LogP contribution in [0.25, 0.3) is 33.4 Å². The van der Waals surface area contributed by atoms with Crippen molar-refractivity contribution in [3.05, 3.63) is 78.0 Å². The quantitative estimate of drug-likeness (QED) is 0.284. The molecule has 0 aliphatic carbocycles. The number of nitrogens with zero attached hydrogens (tertiary/aromatic N) is 1. The summed E-state index contributed by atoms with van der Waals surface area (Å²) in [7, 11) is 0. The minimum Gasteiger partial charge on any atom is -0.384 e. The van der Waals surface area contributed by atoms with Crippen molar-refractivity contribution in [2.24, 2.45) is 11.5 Å². The Hall–Kier alpha value is -3.93. The van der Waals surface area contributed by atoms with Crippen LogP contribution in [0, 0.1) is 10.8 Å². The fourth-order valence-electron chi connectivity index (χ4n) is 3.00. The van der Waals surface area contributed by atoms with Gasteiger partial charge in [0, 0.05) is 28.2 Å². The zero-order valence-corrected chi connectivity index (χ0v) is 14.5. The van der Waals surface area contributed by atoms with Crippen molar-refractivity contribution in [3.8, 4) is 22.5 Å². The molecule has 2 aromatic heterocycles. The van der Waals surface area contributed by atoms with Crippen LogP contribution in [0.3, 0.4) is 0 Å². The molecule has 0 atom stereocenters. The number of hydrogen-bond donors (Lipinski definition) is 5. The van der Waals surface area contributed by atoms with E-state index in [1.165, 1.54) is 0 Å². The van der Waals surface area contributed by atoms with Gasteiger partial charge in [-0.15, -0.1) is 0 Å². The number of H-pyrrole nitrogens is 1. The number of nitrogens with one attached hydrogen (secondary N) is 3. The van der Waals surface area contributed by atoms with Gasteiger partial charge in [0.25, 0.3) is 0 Å². The molecule has 0 spiro atoms. The first-order chi connectivity index (χ1) is 13.0. The molecule has 0 amide bonds. The summed E-state index contributed by atoms with van der Waals surface area (Å²) < 4.78 is 0. The molecular formula is C21H18N6. The fraction of sp³-hybridized carbons (Fsp3) is 0. The maximum absolute atomic E-state index is 7.49. The normalized spacial score (nSPS) is 10.8. The molecular weight excluding hydrogens is 336 g/mol. The summed E-state index contributed by atoms with van der Waals surface area (Å²) >= 11 is 0. The minimum absolute atomic E-state index is 0.00568. The summed E-state index contributed by atoms with van der Waals surface area (Å²) in [6.45, 7) is 0. The van der Waals surface area contributed by atoms with Crippen LogP contribution in [-0.4, -0.2) is 21.6 Å². The van der Waals surface area contributed by atoms with Crippen LogP contribution in [-0.2, 0) is 0 Å². The molecule has 4 rings (SSSR count).